The molecule has 1 rings (SSSR count). The predicted octanol–water partition coefficient (Wildman–Crippen LogP) is 2.09. The fraction of sp³-hybridized carbons (Fsp3) is 0.273. The van der Waals surface area contributed by atoms with Gasteiger partial charge in [0.2, 0.25) is 0 Å². The standard InChI is InChI=1S/C11H10F2O/c12-10-6-9(7-11(13)8-10)4-2-1-3-5-14/h6-8,14H,1,3,5H2. The van der Waals surface area contributed by atoms with E-state index in [4.69, 9.17) is 5.11 Å². The summed E-state index contributed by atoms with van der Waals surface area (Å²) in [4.78, 5) is 0. The van der Waals surface area contributed by atoms with Gasteiger partial charge in [-0.1, -0.05) is 11.8 Å². The fourth-order valence-electron chi connectivity index (χ4n) is 0.958. The first kappa shape index (κ1) is 10.7. The van der Waals surface area contributed by atoms with Crippen LogP contribution in [0.1, 0.15) is 18.4 Å². The molecule has 3 heteroatoms. The lowest BCUT2D eigenvalue weighted by molar-refractivity contribution is 0.290. The second kappa shape index (κ2) is 5.36. The van der Waals surface area contributed by atoms with Gasteiger partial charge in [-0.3, -0.25) is 0 Å². The molecular weight excluding hydrogens is 186 g/mol. The summed E-state index contributed by atoms with van der Waals surface area (Å²) in [6, 6.07) is 3.16. The summed E-state index contributed by atoms with van der Waals surface area (Å²) >= 11 is 0. The highest BCUT2D eigenvalue weighted by Gasteiger charge is 1.96. The minimum Gasteiger partial charge on any atom is -0.396 e. The largest absolute Gasteiger partial charge is 0.396 e. The summed E-state index contributed by atoms with van der Waals surface area (Å²) in [6.07, 6.45) is 1.10. The fourth-order valence-corrected chi connectivity index (χ4v) is 0.958. The first-order valence-corrected chi connectivity index (χ1v) is 4.28. The molecule has 1 N–H and O–H groups in total. The highest BCUT2D eigenvalue weighted by Crippen LogP contribution is 2.06. The molecule has 0 bridgehead atoms. The Morgan fingerprint density at radius 1 is 1.14 bits per heavy atom. The molecule has 0 saturated carbocycles. The van der Waals surface area contributed by atoms with Gasteiger partial charge in [-0.2, -0.15) is 0 Å². The Morgan fingerprint density at radius 3 is 2.36 bits per heavy atom. The van der Waals surface area contributed by atoms with Crippen LogP contribution in [0, 0.1) is 23.5 Å². The van der Waals surface area contributed by atoms with Gasteiger partial charge >= 0.3 is 0 Å². The lowest BCUT2D eigenvalue weighted by atomic mass is 10.2. The smallest absolute Gasteiger partial charge is 0.127 e. The average molecular weight is 196 g/mol. The molecule has 0 heterocycles. The Labute approximate surface area is 81.4 Å². The van der Waals surface area contributed by atoms with Crippen LogP contribution < -0.4 is 0 Å². The summed E-state index contributed by atoms with van der Waals surface area (Å²) in [5.41, 5.74) is 0.320. The van der Waals surface area contributed by atoms with Crippen molar-refractivity contribution >= 4 is 0 Å². The van der Waals surface area contributed by atoms with E-state index >= 15 is 0 Å². The van der Waals surface area contributed by atoms with Crippen LogP contribution in [0.25, 0.3) is 0 Å². The molecule has 0 saturated heterocycles. The van der Waals surface area contributed by atoms with Gasteiger partial charge in [-0.05, 0) is 18.6 Å². The first-order chi connectivity index (χ1) is 6.72. The average Bonchev–Trinajstić information content (AvgIpc) is 2.11. The Morgan fingerprint density at radius 2 is 1.79 bits per heavy atom. The third-order valence-electron chi connectivity index (χ3n) is 1.56. The van der Waals surface area contributed by atoms with Gasteiger partial charge in [0.25, 0.3) is 0 Å². The lowest BCUT2D eigenvalue weighted by Crippen LogP contribution is -1.83. The number of unbranched alkanes of at least 4 members (excludes halogenated alkanes) is 1. The highest BCUT2D eigenvalue weighted by molar-refractivity contribution is 5.34. The number of halogens is 2. The van der Waals surface area contributed by atoms with Crippen molar-refractivity contribution in [1.29, 1.82) is 0 Å². The quantitative estimate of drug-likeness (QED) is 0.567. The SMILES string of the molecule is OCCCC#Cc1cc(F)cc(F)c1. The van der Waals surface area contributed by atoms with Gasteiger partial charge in [0.1, 0.15) is 11.6 Å². The summed E-state index contributed by atoms with van der Waals surface area (Å²) in [6.45, 7) is 0.0756. The molecule has 74 valence electrons. The molecule has 0 aromatic heterocycles. The van der Waals surface area contributed by atoms with Crippen molar-refractivity contribution in [1.82, 2.24) is 0 Å². The molecule has 0 aliphatic heterocycles. The zero-order valence-corrected chi connectivity index (χ0v) is 7.56. The van der Waals surface area contributed by atoms with E-state index in [1.54, 1.807) is 0 Å². The Kier molecular flexibility index (Phi) is 4.09. The predicted molar refractivity (Wildman–Crippen MR) is 49.6 cm³/mol. The van der Waals surface area contributed by atoms with Crippen molar-refractivity contribution in [2.24, 2.45) is 0 Å². The maximum Gasteiger partial charge on any atom is 0.127 e. The van der Waals surface area contributed by atoms with Crippen LogP contribution in [-0.2, 0) is 0 Å². The third-order valence-corrected chi connectivity index (χ3v) is 1.56. The van der Waals surface area contributed by atoms with Gasteiger partial charge in [-0.25, -0.2) is 8.78 Å². The molecule has 0 radical (unpaired) electrons. The molecule has 14 heavy (non-hydrogen) atoms. The van der Waals surface area contributed by atoms with E-state index in [2.05, 4.69) is 11.8 Å². The molecule has 0 unspecified atom stereocenters. The van der Waals surface area contributed by atoms with Crippen molar-refractivity contribution in [3.63, 3.8) is 0 Å². The van der Waals surface area contributed by atoms with Crippen LogP contribution in [0.5, 0.6) is 0 Å². The Balaban J connectivity index is 2.69. The molecule has 0 amide bonds. The van der Waals surface area contributed by atoms with Crippen LogP contribution in [0.15, 0.2) is 18.2 Å². The Bertz CT molecular complexity index is 343. The van der Waals surface area contributed by atoms with E-state index in [1.807, 2.05) is 0 Å². The number of benzene rings is 1. The summed E-state index contributed by atoms with van der Waals surface area (Å²) in [7, 11) is 0. The molecule has 0 atom stereocenters. The van der Waals surface area contributed by atoms with Crippen LogP contribution >= 0.6 is 0 Å². The number of rotatable bonds is 2. The summed E-state index contributed by atoms with van der Waals surface area (Å²) in [5.74, 6) is 4.08. The monoisotopic (exact) mass is 196 g/mol. The van der Waals surface area contributed by atoms with Gasteiger partial charge in [-0.15, -0.1) is 0 Å². The van der Waals surface area contributed by atoms with Crippen molar-refractivity contribution < 1.29 is 13.9 Å². The molecule has 0 fully saturated rings. The zero-order valence-electron chi connectivity index (χ0n) is 7.56. The van der Waals surface area contributed by atoms with E-state index in [9.17, 15) is 8.78 Å². The van der Waals surface area contributed by atoms with Crippen LogP contribution in [0.2, 0.25) is 0 Å². The molecule has 0 aliphatic rings. The van der Waals surface area contributed by atoms with Gasteiger partial charge in [0.05, 0.1) is 0 Å². The summed E-state index contributed by atoms with van der Waals surface area (Å²) < 4.78 is 25.3. The van der Waals surface area contributed by atoms with E-state index in [0.717, 1.165) is 6.07 Å². The highest BCUT2D eigenvalue weighted by atomic mass is 19.1. The Hall–Kier alpha value is -1.40. The maximum atomic E-state index is 12.7. The lowest BCUT2D eigenvalue weighted by Gasteiger charge is -1.92. The first-order valence-electron chi connectivity index (χ1n) is 4.28. The van der Waals surface area contributed by atoms with E-state index in [1.165, 1.54) is 12.1 Å². The van der Waals surface area contributed by atoms with Crippen molar-refractivity contribution in [3.8, 4) is 11.8 Å². The number of aliphatic hydroxyl groups excluding tert-OH is 1. The van der Waals surface area contributed by atoms with Gasteiger partial charge in [0.15, 0.2) is 0 Å². The normalized spacial score (nSPS) is 9.36. The van der Waals surface area contributed by atoms with Gasteiger partial charge in [0, 0.05) is 24.7 Å². The van der Waals surface area contributed by atoms with Crippen molar-refractivity contribution in [2.45, 2.75) is 12.8 Å². The minimum atomic E-state index is -0.628. The van der Waals surface area contributed by atoms with E-state index in [-0.39, 0.29) is 6.61 Å². The van der Waals surface area contributed by atoms with Crippen molar-refractivity contribution in [2.75, 3.05) is 6.61 Å². The van der Waals surface area contributed by atoms with Crippen molar-refractivity contribution in [3.05, 3.63) is 35.4 Å². The number of hydrogen-bond acceptors (Lipinski definition) is 1. The summed E-state index contributed by atoms with van der Waals surface area (Å²) in [5, 5.41) is 8.46. The molecule has 0 spiro atoms. The topological polar surface area (TPSA) is 20.2 Å². The molecular formula is C11H10F2O. The molecule has 0 aliphatic carbocycles. The van der Waals surface area contributed by atoms with Gasteiger partial charge < -0.3 is 5.11 Å². The minimum absolute atomic E-state index is 0.0756. The molecule has 1 aromatic carbocycles. The second-order valence-corrected chi connectivity index (χ2v) is 2.79. The van der Waals surface area contributed by atoms with Crippen LogP contribution in [-0.4, -0.2) is 11.7 Å². The van der Waals surface area contributed by atoms with Crippen LogP contribution in [0.3, 0.4) is 0 Å². The maximum absolute atomic E-state index is 12.7. The zero-order chi connectivity index (χ0) is 10.4. The second-order valence-electron chi connectivity index (χ2n) is 2.79. The molecule has 1 aromatic rings. The number of hydrogen-bond donors (Lipinski definition) is 1. The molecule has 1 nitrogen and oxygen atoms in total. The number of aliphatic hydroxyl groups is 1. The van der Waals surface area contributed by atoms with E-state index in [0.29, 0.717) is 18.4 Å². The van der Waals surface area contributed by atoms with E-state index < -0.39 is 11.6 Å². The third kappa shape index (κ3) is 3.55. The van der Waals surface area contributed by atoms with Crippen LogP contribution in [0.4, 0.5) is 8.78 Å².